The third-order valence-electron chi connectivity index (χ3n) is 3.65. The van der Waals surface area contributed by atoms with E-state index in [0.717, 1.165) is 0 Å². The lowest BCUT2D eigenvalue weighted by Crippen LogP contribution is -2.37. The second kappa shape index (κ2) is 6.08. The van der Waals surface area contributed by atoms with E-state index in [1.165, 1.54) is 18.2 Å². The third kappa shape index (κ3) is 3.15. The number of rotatable bonds is 4. The minimum absolute atomic E-state index is 0.125. The van der Waals surface area contributed by atoms with Gasteiger partial charge in [-0.25, -0.2) is 9.18 Å². The van der Waals surface area contributed by atoms with Crippen molar-refractivity contribution in [2.24, 2.45) is 0 Å². The summed E-state index contributed by atoms with van der Waals surface area (Å²) in [5.41, 5.74) is 1.49. The van der Waals surface area contributed by atoms with E-state index in [0.29, 0.717) is 17.5 Å². The van der Waals surface area contributed by atoms with Crippen molar-refractivity contribution in [3.63, 3.8) is 0 Å². The Morgan fingerprint density at radius 3 is 2.78 bits per heavy atom. The van der Waals surface area contributed by atoms with Gasteiger partial charge in [0.05, 0.1) is 5.56 Å². The lowest BCUT2D eigenvalue weighted by atomic mass is 10.1. The van der Waals surface area contributed by atoms with Gasteiger partial charge in [-0.3, -0.25) is 4.79 Å². The van der Waals surface area contributed by atoms with Crippen molar-refractivity contribution in [2.45, 2.75) is 19.1 Å². The Bertz CT molecular complexity index is 775. The van der Waals surface area contributed by atoms with E-state index in [4.69, 9.17) is 9.84 Å². The molecular weight excluding hydrogens is 301 g/mol. The molecule has 1 unspecified atom stereocenters. The molecule has 0 saturated carbocycles. The molecule has 2 N–H and O–H groups in total. The third-order valence-corrected chi connectivity index (χ3v) is 3.65. The highest BCUT2D eigenvalue weighted by molar-refractivity contribution is 5.87. The summed E-state index contributed by atoms with van der Waals surface area (Å²) in [6.07, 6.45) is -0.460. The maximum absolute atomic E-state index is 13.6. The smallest absolute Gasteiger partial charge is 0.335 e. The molecule has 0 saturated heterocycles. The number of carboxylic acids is 1. The Hall–Kier alpha value is -2.89. The van der Waals surface area contributed by atoms with Crippen LogP contribution in [-0.4, -0.2) is 23.1 Å². The number of benzene rings is 2. The number of hydrogen-bond acceptors (Lipinski definition) is 3. The lowest BCUT2D eigenvalue weighted by Gasteiger charge is -2.11. The quantitative estimate of drug-likeness (QED) is 0.906. The summed E-state index contributed by atoms with van der Waals surface area (Å²) in [5, 5.41) is 11.6. The highest BCUT2D eigenvalue weighted by Crippen LogP contribution is 2.31. The SMILES string of the molecule is O=C(O)c1cccc(CNC(=O)C2Cc3cccc(F)c3O2)c1. The summed E-state index contributed by atoms with van der Waals surface area (Å²) in [6, 6.07) is 10.9. The number of halogens is 1. The van der Waals surface area contributed by atoms with Crippen molar-refractivity contribution < 1.29 is 23.8 Å². The maximum Gasteiger partial charge on any atom is 0.335 e. The van der Waals surface area contributed by atoms with Crippen LogP contribution in [0.1, 0.15) is 21.5 Å². The van der Waals surface area contributed by atoms with Gasteiger partial charge in [-0.1, -0.05) is 24.3 Å². The molecule has 0 fully saturated rings. The van der Waals surface area contributed by atoms with E-state index >= 15 is 0 Å². The largest absolute Gasteiger partial charge is 0.478 e. The molecule has 0 bridgehead atoms. The van der Waals surface area contributed by atoms with Gasteiger partial charge in [-0.2, -0.15) is 0 Å². The van der Waals surface area contributed by atoms with Crippen molar-refractivity contribution in [3.05, 3.63) is 65.0 Å². The number of fused-ring (bicyclic) bond motifs is 1. The molecule has 1 heterocycles. The molecule has 1 aliphatic heterocycles. The van der Waals surface area contributed by atoms with Crippen molar-refractivity contribution in [2.75, 3.05) is 0 Å². The van der Waals surface area contributed by atoms with Gasteiger partial charge in [0.15, 0.2) is 17.7 Å². The van der Waals surface area contributed by atoms with Crippen LogP contribution in [0.5, 0.6) is 5.75 Å². The van der Waals surface area contributed by atoms with Gasteiger partial charge < -0.3 is 15.2 Å². The first-order chi connectivity index (χ1) is 11.0. The number of hydrogen-bond donors (Lipinski definition) is 2. The summed E-state index contributed by atoms with van der Waals surface area (Å²) >= 11 is 0. The Kier molecular flexibility index (Phi) is 3.97. The summed E-state index contributed by atoms with van der Waals surface area (Å²) in [6.45, 7) is 0.179. The molecule has 0 radical (unpaired) electrons. The van der Waals surface area contributed by atoms with Crippen molar-refractivity contribution in [1.82, 2.24) is 5.32 Å². The van der Waals surface area contributed by atoms with Crippen LogP contribution in [0.15, 0.2) is 42.5 Å². The average molecular weight is 315 g/mol. The zero-order chi connectivity index (χ0) is 16.4. The Morgan fingerprint density at radius 1 is 1.26 bits per heavy atom. The molecule has 23 heavy (non-hydrogen) atoms. The van der Waals surface area contributed by atoms with Gasteiger partial charge in [-0.05, 0) is 23.8 Å². The predicted octanol–water partition coefficient (Wildman–Crippen LogP) is 2.14. The van der Waals surface area contributed by atoms with Crippen molar-refractivity contribution in [3.8, 4) is 5.75 Å². The second-order valence-electron chi connectivity index (χ2n) is 5.26. The molecule has 6 heteroatoms. The lowest BCUT2D eigenvalue weighted by molar-refractivity contribution is -0.127. The first-order valence-electron chi connectivity index (χ1n) is 7.08. The van der Waals surface area contributed by atoms with E-state index in [2.05, 4.69) is 5.32 Å². The van der Waals surface area contributed by atoms with E-state index in [-0.39, 0.29) is 23.8 Å². The zero-order valence-corrected chi connectivity index (χ0v) is 12.1. The number of carbonyl (C=O) groups is 2. The molecule has 0 spiro atoms. The summed E-state index contributed by atoms with van der Waals surface area (Å²) in [7, 11) is 0. The van der Waals surface area contributed by atoms with Gasteiger partial charge >= 0.3 is 5.97 Å². The predicted molar refractivity (Wildman–Crippen MR) is 79.8 cm³/mol. The van der Waals surface area contributed by atoms with Crippen LogP contribution in [0, 0.1) is 5.82 Å². The number of carboxylic acid groups (broad SMARTS) is 1. The Labute approximate surface area is 131 Å². The standard InChI is InChI=1S/C17H14FNO4/c18-13-6-2-4-11-8-14(23-15(11)13)16(20)19-9-10-3-1-5-12(7-10)17(21)22/h1-7,14H,8-9H2,(H,19,20)(H,21,22). The average Bonchev–Trinajstić information content (AvgIpc) is 2.98. The molecule has 1 atom stereocenters. The number of nitrogens with one attached hydrogen (secondary N) is 1. The van der Waals surface area contributed by atoms with E-state index in [9.17, 15) is 14.0 Å². The second-order valence-corrected chi connectivity index (χ2v) is 5.26. The van der Waals surface area contributed by atoms with Crippen molar-refractivity contribution >= 4 is 11.9 Å². The molecule has 0 aliphatic carbocycles. The Morgan fingerprint density at radius 2 is 2.04 bits per heavy atom. The monoisotopic (exact) mass is 315 g/mol. The number of para-hydroxylation sites is 1. The minimum atomic E-state index is -1.02. The normalized spacial score (nSPS) is 15.6. The molecule has 2 aromatic rings. The highest BCUT2D eigenvalue weighted by Gasteiger charge is 2.30. The molecule has 2 aromatic carbocycles. The molecule has 0 aromatic heterocycles. The van der Waals surface area contributed by atoms with Crippen LogP contribution in [0.2, 0.25) is 0 Å². The van der Waals surface area contributed by atoms with E-state index < -0.39 is 17.9 Å². The fourth-order valence-electron chi connectivity index (χ4n) is 2.49. The van der Waals surface area contributed by atoms with E-state index in [1.54, 1.807) is 24.3 Å². The molecule has 3 rings (SSSR count). The van der Waals surface area contributed by atoms with Gasteiger partial charge in [-0.15, -0.1) is 0 Å². The topological polar surface area (TPSA) is 75.6 Å². The van der Waals surface area contributed by atoms with Gasteiger partial charge in [0, 0.05) is 18.5 Å². The summed E-state index contributed by atoms with van der Waals surface area (Å²) in [5.74, 6) is -1.74. The molecule has 5 nitrogen and oxygen atoms in total. The fourth-order valence-corrected chi connectivity index (χ4v) is 2.49. The number of aromatic carboxylic acids is 1. The summed E-state index contributed by atoms with van der Waals surface area (Å²) in [4.78, 5) is 23.1. The van der Waals surface area contributed by atoms with Crippen molar-refractivity contribution in [1.29, 1.82) is 0 Å². The zero-order valence-electron chi connectivity index (χ0n) is 12.1. The minimum Gasteiger partial charge on any atom is -0.478 e. The first kappa shape index (κ1) is 15.0. The molecule has 1 amide bonds. The van der Waals surface area contributed by atoms with Crippen LogP contribution in [0.3, 0.4) is 0 Å². The number of carbonyl (C=O) groups excluding carboxylic acids is 1. The highest BCUT2D eigenvalue weighted by atomic mass is 19.1. The Balaban J connectivity index is 1.62. The molecular formula is C17H14FNO4. The van der Waals surface area contributed by atoms with Crippen LogP contribution in [-0.2, 0) is 17.8 Å². The number of ether oxygens (including phenoxy) is 1. The molecule has 118 valence electrons. The van der Waals surface area contributed by atoms with Gasteiger partial charge in [0.1, 0.15) is 0 Å². The van der Waals surface area contributed by atoms with Crippen LogP contribution < -0.4 is 10.1 Å². The maximum atomic E-state index is 13.6. The van der Waals surface area contributed by atoms with Crippen LogP contribution in [0.25, 0.3) is 0 Å². The fraction of sp³-hybridized carbons (Fsp3) is 0.176. The number of amides is 1. The van der Waals surface area contributed by atoms with Gasteiger partial charge in [0.2, 0.25) is 0 Å². The molecule has 1 aliphatic rings. The van der Waals surface area contributed by atoms with E-state index in [1.807, 2.05) is 0 Å². The first-order valence-corrected chi connectivity index (χ1v) is 7.08. The summed E-state index contributed by atoms with van der Waals surface area (Å²) < 4.78 is 19.0. The van der Waals surface area contributed by atoms with Crippen LogP contribution >= 0.6 is 0 Å². The van der Waals surface area contributed by atoms with Gasteiger partial charge in [0.25, 0.3) is 5.91 Å². The van der Waals surface area contributed by atoms with Crippen LogP contribution in [0.4, 0.5) is 4.39 Å².